The van der Waals surface area contributed by atoms with Gasteiger partial charge in [0.05, 0.1) is 25.1 Å². The third-order valence-electron chi connectivity index (χ3n) is 6.13. The Morgan fingerprint density at radius 2 is 2.12 bits per heavy atom. The molecule has 4 rings (SSSR count). The summed E-state index contributed by atoms with van der Waals surface area (Å²) in [4.78, 5) is 2.44. The van der Waals surface area contributed by atoms with Crippen LogP contribution in [0.25, 0.3) is 5.69 Å². The molecule has 0 aliphatic carbocycles. The Kier molecular flexibility index (Phi) is 4.86. The Morgan fingerprint density at radius 3 is 2.81 bits per heavy atom. The van der Waals surface area contributed by atoms with Crippen molar-refractivity contribution in [1.29, 1.82) is 0 Å². The fourth-order valence-electron chi connectivity index (χ4n) is 4.39. The first-order valence-electron chi connectivity index (χ1n) is 9.64. The summed E-state index contributed by atoms with van der Waals surface area (Å²) in [6, 6.07) is 8.62. The topological polar surface area (TPSA) is 50.5 Å². The van der Waals surface area contributed by atoms with Gasteiger partial charge in [-0.25, -0.2) is 4.68 Å². The normalized spacial score (nSPS) is 26.4. The van der Waals surface area contributed by atoms with Gasteiger partial charge in [-0.15, -0.1) is 0 Å². The molecule has 2 fully saturated rings. The van der Waals surface area contributed by atoms with Gasteiger partial charge in [-0.3, -0.25) is 4.90 Å². The Labute approximate surface area is 155 Å². The van der Waals surface area contributed by atoms with Crippen molar-refractivity contribution in [3.05, 3.63) is 47.8 Å². The van der Waals surface area contributed by atoms with Crippen LogP contribution in [-0.4, -0.2) is 52.7 Å². The lowest BCUT2D eigenvalue weighted by atomic mass is 9.75. The number of likely N-dealkylation sites (tertiary alicyclic amines) is 1. The van der Waals surface area contributed by atoms with E-state index in [1.165, 1.54) is 11.1 Å². The fraction of sp³-hybridized carbons (Fsp3) is 0.571. The summed E-state index contributed by atoms with van der Waals surface area (Å²) >= 11 is 0. The Morgan fingerprint density at radius 1 is 1.31 bits per heavy atom. The highest BCUT2D eigenvalue weighted by atomic mass is 16.5. The summed E-state index contributed by atoms with van der Waals surface area (Å²) in [5.41, 5.74) is 3.68. The van der Waals surface area contributed by atoms with Crippen molar-refractivity contribution in [1.82, 2.24) is 14.7 Å². The first kappa shape index (κ1) is 17.7. The molecule has 0 unspecified atom stereocenters. The second-order valence-electron chi connectivity index (χ2n) is 8.25. The molecule has 26 heavy (non-hydrogen) atoms. The van der Waals surface area contributed by atoms with Gasteiger partial charge in [-0.2, -0.15) is 5.10 Å². The van der Waals surface area contributed by atoms with Crippen molar-refractivity contribution in [2.24, 2.45) is 11.3 Å². The molecule has 0 radical (unpaired) electrons. The smallest absolute Gasteiger partial charge is 0.0645 e. The minimum absolute atomic E-state index is 0.0287. The number of aromatic nitrogens is 2. The minimum atomic E-state index is 0.0287. The van der Waals surface area contributed by atoms with Crippen LogP contribution in [0.4, 0.5) is 0 Å². The molecule has 5 nitrogen and oxygen atoms in total. The van der Waals surface area contributed by atoms with Crippen molar-refractivity contribution in [3.63, 3.8) is 0 Å². The predicted octanol–water partition coefficient (Wildman–Crippen LogP) is 2.83. The van der Waals surface area contributed by atoms with E-state index in [-0.39, 0.29) is 12.0 Å². The lowest BCUT2D eigenvalue weighted by Crippen LogP contribution is -2.41. The number of rotatable bonds is 5. The van der Waals surface area contributed by atoms with Crippen LogP contribution < -0.4 is 0 Å². The van der Waals surface area contributed by atoms with E-state index in [1.54, 1.807) is 0 Å². The largest absolute Gasteiger partial charge is 0.396 e. The lowest BCUT2D eigenvalue weighted by Gasteiger charge is -2.36. The average Bonchev–Trinajstić information content (AvgIpc) is 3.26. The number of hydrogen-bond acceptors (Lipinski definition) is 4. The molecule has 3 heterocycles. The molecular weight excluding hydrogens is 326 g/mol. The van der Waals surface area contributed by atoms with Gasteiger partial charge in [0.25, 0.3) is 0 Å². The van der Waals surface area contributed by atoms with Crippen LogP contribution in [0.15, 0.2) is 36.7 Å². The van der Waals surface area contributed by atoms with Gasteiger partial charge in [0.2, 0.25) is 0 Å². The third-order valence-corrected chi connectivity index (χ3v) is 6.13. The molecule has 1 aromatic heterocycles. The van der Waals surface area contributed by atoms with Crippen molar-refractivity contribution in [2.45, 2.75) is 32.7 Å². The van der Waals surface area contributed by atoms with Crippen LogP contribution in [-0.2, 0) is 11.3 Å². The predicted molar refractivity (Wildman–Crippen MR) is 101 cm³/mol. The minimum Gasteiger partial charge on any atom is -0.396 e. The summed E-state index contributed by atoms with van der Waals surface area (Å²) in [7, 11) is 0. The number of benzene rings is 1. The van der Waals surface area contributed by atoms with Crippen molar-refractivity contribution in [3.8, 4) is 5.69 Å². The van der Waals surface area contributed by atoms with Gasteiger partial charge in [0, 0.05) is 49.3 Å². The van der Waals surface area contributed by atoms with Crippen LogP contribution in [0.2, 0.25) is 0 Å². The van der Waals surface area contributed by atoms with Crippen LogP contribution in [0.5, 0.6) is 0 Å². The molecule has 1 aromatic carbocycles. The maximum absolute atomic E-state index is 9.95. The fourth-order valence-corrected chi connectivity index (χ4v) is 4.39. The van der Waals surface area contributed by atoms with Crippen molar-refractivity contribution < 1.29 is 9.84 Å². The Bertz CT molecular complexity index is 740. The zero-order chi connectivity index (χ0) is 18.1. The van der Waals surface area contributed by atoms with E-state index in [0.717, 1.165) is 45.0 Å². The summed E-state index contributed by atoms with van der Waals surface area (Å²) in [6.45, 7) is 9.05. The number of fused-ring (bicyclic) bond motifs is 1. The molecule has 0 saturated carbocycles. The number of hydrogen-bond donors (Lipinski definition) is 1. The molecule has 2 atom stereocenters. The van der Waals surface area contributed by atoms with Gasteiger partial charge in [0.1, 0.15) is 0 Å². The number of aliphatic hydroxyl groups excluding tert-OH is 1. The number of ether oxygens (including phenoxy) is 1. The highest BCUT2D eigenvalue weighted by molar-refractivity contribution is 5.35. The Balaban J connectivity index is 1.44. The number of aliphatic hydroxyl groups is 1. The lowest BCUT2D eigenvalue weighted by molar-refractivity contribution is -0.0417. The van der Waals surface area contributed by atoms with Crippen LogP contribution in [0, 0.1) is 11.3 Å². The Hall–Kier alpha value is -1.69. The molecule has 0 bridgehead atoms. The molecule has 0 amide bonds. The van der Waals surface area contributed by atoms with E-state index in [4.69, 9.17) is 4.74 Å². The molecule has 140 valence electrons. The molecular formula is C21H29N3O2. The van der Waals surface area contributed by atoms with Gasteiger partial charge in [0.15, 0.2) is 0 Å². The zero-order valence-corrected chi connectivity index (χ0v) is 15.8. The quantitative estimate of drug-likeness (QED) is 0.896. The van der Waals surface area contributed by atoms with Crippen LogP contribution >= 0.6 is 0 Å². The van der Waals surface area contributed by atoms with Crippen LogP contribution in [0.1, 0.15) is 37.3 Å². The SMILES string of the molecule is CC(C)c1ccc(-n2cc(CN3C[C@@H]4COCC[C@]4(CO)C3)cn2)cc1. The zero-order valence-electron chi connectivity index (χ0n) is 15.8. The second-order valence-corrected chi connectivity index (χ2v) is 8.25. The molecule has 2 aromatic rings. The van der Waals surface area contributed by atoms with E-state index in [1.807, 2.05) is 10.9 Å². The monoisotopic (exact) mass is 355 g/mol. The first-order valence-corrected chi connectivity index (χ1v) is 9.64. The van der Waals surface area contributed by atoms with Crippen molar-refractivity contribution in [2.75, 3.05) is 32.9 Å². The molecule has 2 aliphatic heterocycles. The summed E-state index contributed by atoms with van der Waals surface area (Å²) in [5, 5.41) is 14.5. The summed E-state index contributed by atoms with van der Waals surface area (Å²) < 4.78 is 7.59. The van der Waals surface area contributed by atoms with E-state index in [0.29, 0.717) is 11.8 Å². The van der Waals surface area contributed by atoms with Gasteiger partial charge < -0.3 is 9.84 Å². The summed E-state index contributed by atoms with van der Waals surface area (Å²) in [5.74, 6) is 0.985. The van der Waals surface area contributed by atoms with Gasteiger partial charge in [-0.05, 0) is 30.0 Å². The van der Waals surface area contributed by atoms with E-state index >= 15 is 0 Å². The maximum Gasteiger partial charge on any atom is 0.0645 e. The standard InChI is InChI=1S/C21H29N3O2/c1-16(2)18-3-5-20(6-4-18)24-11-17(9-22-24)10-23-12-19-13-26-8-7-21(19,14-23)15-25/h3-6,9,11,16,19,25H,7-8,10,12-15H2,1-2H3/t19-,21-/m1/s1. The molecule has 2 saturated heterocycles. The van der Waals surface area contributed by atoms with E-state index in [9.17, 15) is 5.11 Å². The second kappa shape index (κ2) is 7.14. The maximum atomic E-state index is 9.95. The highest BCUT2D eigenvalue weighted by Crippen LogP contribution is 2.42. The molecule has 0 spiro atoms. The summed E-state index contributed by atoms with van der Waals surface area (Å²) in [6.07, 6.45) is 5.04. The molecule has 5 heteroatoms. The average molecular weight is 355 g/mol. The third kappa shape index (κ3) is 3.31. The first-order chi connectivity index (χ1) is 12.6. The molecule has 2 aliphatic rings. The van der Waals surface area contributed by atoms with E-state index < -0.39 is 0 Å². The van der Waals surface area contributed by atoms with E-state index in [2.05, 4.69) is 54.3 Å². The van der Waals surface area contributed by atoms with Gasteiger partial charge >= 0.3 is 0 Å². The van der Waals surface area contributed by atoms with Crippen LogP contribution in [0.3, 0.4) is 0 Å². The highest BCUT2D eigenvalue weighted by Gasteiger charge is 2.47. The number of nitrogens with zero attached hydrogens (tertiary/aromatic N) is 3. The molecule has 1 N–H and O–H groups in total. The van der Waals surface area contributed by atoms with Crippen molar-refractivity contribution >= 4 is 0 Å². The van der Waals surface area contributed by atoms with Gasteiger partial charge in [-0.1, -0.05) is 26.0 Å².